The molecule has 0 radical (unpaired) electrons. The number of carbonyl (C=O) groups excluding carboxylic acids is 1. The second-order valence-electron chi connectivity index (χ2n) is 4.09. The summed E-state index contributed by atoms with van der Waals surface area (Å²) in [5.74, 6) is 0.0460. The number of carbonyl (C=O) groups is 1. The molecule has 20 heavy (non-hydrogen) atoms. The lowest BCUT2D eigenvalue weighted by molar-refractivity contribution is 0.103. The Kier molecular flexibility index (Phi) is 4.25. The summed E-state index contributed by atoms with van der Waals surface area (Å²) in [6.45, 7) is 0. The number of halogens is 2. The lowest BCUT2D eigenvalue weighted by Gasteiger charge is -2.08. The molecule has 0 spiro atoms. The molecule has 0 unspecified atom stereocenters. The van der Waals surface area contributed by atoms with E-state index in [2.05, 4.69) is 0 Å². The van der Waals surface area contributed by atoms with Crippen LogP contribution >= 0.6 is 11.6 Å². The first-order chi connectivity index (χ1) is 9.53. The summed E-state index contributed by atoms with van der Waals surface area (Å²) in [5.41, 5.74) is 0.508. The Morgan fingerprint density at radius 1 is 0.950 bits per heavy atom. The van der Waals surface area contributed by atoms with Gasteiger partial charge in [-0.2, -0.15) is 0 Å². The Labute approximate surface area is 120 Å². The number of ether oxygens (including phenoxy) is 2. The quantitative estimate of drug-likeness (QED) is 0.806. The van der Waals surface area contributed by atoms with E-state index in [0.717, 1.165) is 12.1 Å². The van der Waals surface area contributed by atoms with Crippen LogP contribution in [0.4, 0.5) is 4.39 Å². The second-order valence-corrected chi connectivity index (χ2v) is 4.53. The van der Waals surface area contributed by atoms with Crippen LogP contribution in [0.1, 0.15) is 15.9 Å². The first kappa shape index (κ1) is 14.3. The molecule has 3 nitrogen and oxygen atoms in total. The van der Waals surface area contributed by atoms with Crippen molar-refractivity contribution in [3.63, 3.8) is 0 Å². The van der Waals surface area contributed by atoms with Crippen molar-refractivity contribution in [2.24, 2.45) is 0 Å². The monoisotopic (exact) mass is 294 g/mol. The van der Waals surface area contributed by atoms with Crippen LogP contribution in [0.25, 0.3) is 0 Å². The van der Waals surface area contributed by atoms with Crippen molar-refractivity contribution >= 4 is 17.4 Å². The molecular weight excluding hydrogens is 283 g/mol. The highest BCUT2D eigenvalue weighted by molar-refractivity contribution is 6.31. The minimum atomic E-state index is -0.560. The van der Waals surface area contributed by atoms with E-state index in [4.69, 9.17) is 21.1 Å². The Hall–Kier alpha value is -2.07. The molecule has 0 N–H and O–H groups in total. The summed E-state index contributed by atoms with van der Waals surface area (Å²) >= 11 is 5.76. The normalized spacial score (nSPS) is 10.2. The zero-order chi connectivity index (χ0) is 14.7. The summed E-state index contributed by atoms with van der Waals surface area (Å²) in [5, 5.41) is 0.170. The van der Waals surface area contributed by atoms with Crippen molar-refractivity contribution in [3.05, 3.63) is 58.4 Å². The van der Waals surface area contributed by atoms with Gasteiger partial charge in [0.2, 0.25) is 0 Å². The van der Waals surface area contributed by atoms with Crippen LogP contribution in [0.5, 0.6) is 11.5 Å². The van der Waals surface area contributed by atoms with E-state index in [0.29, 0.717) is 17.1 Å². The fourth-order valence-electron chi connectivity index (χ4n) is 1.79. The van der Waals surface area contributed by atoms with Gasteiger partial charge in [0, 0.05) is 22.2 Å². The maximum absolute atomic E-state index is 13.3. The van der Waals surface area contributed by atoms with E-state index in [1.807, 2.05) is 0 Å². The van der Waals surface area contributed by atoms with E-state index in [1.54, 1.807) is 18.2 Å². The summed E-state index contributed by atoms with van der Waals surface area (Å²) in [6, 6.07) is 8.46. The Morgan fingerprint density at radius 3 is 2.00 bits per heavy atom. The minimum Gasteiger partial charge on any atom is -0.497 e. The van der Waals surface area contributed by atoms with Crippen LogP contribution in [-0.2, 0) is 0 Å². The molecule has 0 bridgehead atoms. The van der Waals surface area contributed by atoms with Crippen molar-refractivity contribution in [1.82, 2.24) is 0 Å². The van der Waals surface area contributed by atoms with Crippen LogP contribution in [0.3, 0.4) is 0 Å². The smallest absolute Gasteiger partial charge is 0.193 e. The molecule has 0 aliphatic carbocycles. The van der Waals surface area contributed by atoms with E-state index in [-0.39, 0.29) is 16.4 Å². The van der Waals surface area contributed by atoms with Gasteiger partial charge in [-0.15, -0.1) is 0 Å². The van der Waals surface area contributed by atoms with Crippen LogP contribution < -0.4 is 9.47 Å². The number of rotatable bonds is 4. The molecule has 2 rings (SSSR count). The largest absolute Gasteiger partial charge is 0.497 e. The predicted molar refractivity (Wildman–Crippen MR) is 74.4 cm³/mol. The van der Waals surface area contributed by atoms with Gasteiger partial charge >= 0.3 is 0 Å². The summed E-state index contributed by atoms with van der Waals surface area (Å²) in [7, 11) is 2.98. The highest BCUT2D eigenvalue weighted by Crippen LogP contribution is 2.25. The summed E-state index contributed by atoms with van der Waals surface area (Å²) in [4.78, 5) is 12.4. The van der Waals surface area contributed by atoms with Gasteiger partial charge in [0.25, 0.3) is 0 Å². The number of methoxy groups -OCH3 is 2. The topological polar surface area (TPSA) is 35.5 Å². The molecule has 0 aromatic heterocycles. The SMILES string of the molecule is COc1cc(OC)cc(C(=O)c2cc(F)cc(Cl)c2)c1. The third kappa shape index (κ3) is 3.08. The number of ketones is 1. The van der Waals surface area contributed by atoms with Crippen LogP contribution in [0.2, 0.25) is 5.02 Å². The van der Waals surface area contributed by atoms with Crippen molar-refractivity contribution < 1.29 is 18.7 Å². The van der Waals surface area contributed by atoms with Gasteiger partial charge in [0.05, 0.1) is 14.2 Å². The number of hydrogen-bond acceptors (Lipinski definition) is 3. The second kappa shape index (κ2) is 5.92. The van der Waals surface area contributed by atoms with Crippen molar-refractivity contribution in [2.75, 3.05) is 14.2 Å². The molecule has 0 atom stereocenters. The maximum atomic E-state index is 13.3. The standard InChI is InChI=1S/C15H12ClFO3/c1-19-13-5-10(6-14(8-13)20-2)15(18)9-3-11(16)7-12(17)4-9/h3-8H,1-2H3. The number of hydrogen-bond donors (Lipinski definition) is 0. The van der Waals surface area contributed by atoms with Gasteiger partial charge in [-0.3, -0.25) is 4.79 Å². The number of benzene rings is 2. The zero-order valence-corrected chi connectivity index (χ0v) is 11.7. The molecule has 5 heteroatoms. The average Bonchev–Trinajstić information content (AvgIpc) is 2.44. The van der Waals surface area contributed by atoms with E-state index < -0.39 is 5.82 Å². The molecule has 0 heterocycles. The molecule has 0 saturated heterocycles. The zero-order valence-electron chi connectivity index (χ0n) is 10.9. The van der Waals surface area contributed by atoms with Gasteiger partial charge in [-0.25, -0.2) is 4.39 Å². The Bertz CT molecular complexity index is 613. The van der Waals surface area contributed by atoms with Gasteiger partial charge in [0.15, 0.2) is 5.78 Å². The fourth-order valence-corrected chi connectivity index (χ4v) is 2.01. The van der Waals surface area contributed by atoms with Gasteiger partial charge < -0.3 is 9.47 Å². The van der Waals surface area contributed by atoms with E-state index in [9.17, 15) is 9.18 Å². The average molecular weight is 295 g/mol. The Morgan fingerprint density at radius 2 is 1.50 bits per heavy atom. The summed E-state index contributed by atoms with van der Waals surface area (Å²) < 4.78 is 23.5. The third-order valence-corrected chi connectivity index (χ3v) is 2.96. The highest BCUT2D eigenvalue weighted by Gasteiger charge is 2.14. The lowest BCUT2D eigenvalue weighted by atomic mass is 10.0. The molecule has 0 aliphatic rings. The first-order valence-electron chi connectivity index (χ1n) is 5.77. The molecule has 0 aliphatic heterocycles. The molecule has 0 amide bonds. The lowest BCUT2D eigenvalue weighted by Crippen LogP contribution is -2.03. The molecular formula is C15H12ClFO3. The van der Waals surface area contributed by atoms with Crippen molar-refractivity contribution in [2.45, 2.75) is 0 Å². The molecule has 0 saturated carbocycles. The van der Waals surface area contributed by atoms with Gasteiger partial charge in [-0.05, 0) is 30.3 Å². The van der Waals surface area contributed by atoms with E-state index >= 15 is 0 Å². The molecule has 2 aromatic carbocycles. The molecule has 104 valence electrons. The molecule has 0 fully saturated rings. The Balaban J connectivity index is 2.47. The molecule has 2 aromatic rings. The van der Waals surface area contributed by atoms with Gasteiger partial charge in [-0.1, -0.05) is 11.6 Å². The summed E-state index contributed by atoms with van der Waals surface area (Å²) in [6.07, 6.45) is 0. The highest BCUT2D eigenvalue weighted by atomic mass is 35.5. The fraction of sp³-hybridized carbons (Fsp3) is 0.133. The van der Waals surface area contributed by atoms with Crippen LogP contribution in [0.15, 0.2) is 36.4 Å². The van der Waals surface area contributed by atoms with Crippen LogP contribution in [-0.4, -0.2) is 20.0 Å². The van der Waals surface area contributed by atoms with Gasteiger partial charge in [0.1, 0.15) is 17.3 Å². The van der Waals surface area contributed by atoms with E-state index in [1.165, 1.54) is 20.3 Å². The maximum Gasteiger partial charge on any atom is 0.193 e. The third-order valence-electron chi connectivity index (χ3n) is 2.74. The predicted octanol–water partition coefficient (Wildman–Crippen LogP) is 3.73. The van der Waals surface area contributed by atoms with Crippen molar-refractivity contribution in [1.29, 1.82) is 0 Å². The van der Waals surface area contributed by atoms with Crippen LogP contribution in [0, 0.1) is 5.82 Å². The first-order valence-corrected chi connectivity index (χ1v) is 6.15. The van der Waals surface area contributed by atoms with Crippen molar-refractivity contribution in [3.8, 4) is 11.5 Å². The minimum absolute atomic E-state index is 0.170.